The number of nitrogens with two attached hydrogens (primary N) is 1. The highest BCUT2D eigenvalue weighted by atomic mass is 15.3. The number of rotatable bonds is 4. The second-order valence-electron chi connectivity index (χ2n) is 8.03. The molecule has 1 aromatic heterocycles. The molecule has 2 aromatic rings. The molecule has 1 aromatic carbocycles. The maximum Gasteiger partial charge on any atom is 0.0734 e. The van der Waals surface area contributed by atoms with Crippen LogP contribution in [0.15, 0.2) is 24.3 Å². The van der Waals surface area contributed by atoms with Crippen LogP contribution in [0.5, 0.6) is 0 Å². The van der Waals surface area contributed by atoms with Gasteiger partial charge in [0.15, 0.2) is 0 Å². The van der Waals surface area contributed by atoms with Crippen LogP contribution in [0.4, 0.5) is 0 Å². The van der Waals surface area contributed by atoms with E-state index >= 15 is 0 Å². The van der Waals surface area contributed by atoms with Crippen LogP contribution in [0.2, 0.25) is 0 Å². The summed E-state index contributed by atoms with van der Waals surface area (Å²) in [5.74, 6) is 1.64. The van der Waals surface area contributed by atoms with Crippen molar-refractivity contribution < 1.29 is 0 Å². The Balaban J connectivity index is 1.38. The van der Waals surface area contributed by atoms with E-state index in [0.29, 0.717) is 11.5 Å². The van der Waals surface area contributed by atoms with Crippen molar-refractivity contribution in [3.8, 4) is 0 Å². The van der Waals surface area contributed by atoms with Gasteiger partial charge >= 0.3 is 0 Å². The van der Waals surface area contributed by atoms with Crippen molar-refractivity contribution in [3.05, 3.63) is 30.0 Å². The molecule has 0 radical (unpaired) electrons. The Morgan fingerprint density at radius 1 is 1.14 bits per heavy atom. The minimum absolute atomic E-state index is 0.635. The molecular weight excluding hydrogens is 270 g/mol. The molecule has 22 heavy (non-hydrogen) atoms. The van der Waals surface area contributed by atoms with Gasteiger partial charge in [0, 0.05) is 11.3 Å². The smallest absolute Gasteiger partial charge is 0.0734 e. The van der Waals surface area contributed by atoms with E-state index < -0.39 is 0 Å². The summed E-state index contributed by atoms with van der Waals surface area (Å²) in [6.07, 6.45) is 9.38. The van der Waals surface area contributed by atoms with Crippen LogP contribution < -0.4 is 5.73 Å². The number of benzene rings is 1. The first-order valence-corrected chi connectivity index (χ1v) is 8.95. The number of hydrogen-bond acceptors (Lipinski definition) is 2. The molecule has 3 fully saturated rings. The van der Waals surface area contributed by atoms with Crippen LogP contribution >= 0.6 is 0 Å². The van der Waals surface area contributed by atoms with Gasteiger partial charge in [-0.05, 0) is 68.9 Å². The highest BCUT2D eigenvalue weighted by molar-refractivity contribution is 5.83. The van der Waals surface area contributed by atoms with Crippen molar-refractivity contribution in [2.75, 3.05) is 6.54 Å². The fourth-order valence-electron chi connectivity index (χ4n) is 5.10. The van der Waals surface area contributed by atoms with Crippen LogP contribution in [0.1, 0.15) is 62.6 Å². The Bertz CT molecular complexity index is 699. The first kappa shape index (κ1) is 13.1. The second-order valence-corrected chi connectivity index (χ2v) is 8.03. The molecule has 116 valence electrons. The lowest BCUT2D eigenvalue weighted by molar-refractivity contribution is -0.0654. The molecule has 3 aliphatic rings. The van der Waals surface area contributed by atoms with E-state index in [1.807, 2.05) is 0 Å². The van der Waals surface area contributed by atoms with Crippen molar-refractivity contribution in [2.45, 2.75) is 56.9 Å². The zero-order chi connectivity index (χ0) is 14.7. The maximum atomic E-state index is 5.69. The molecule has 3 aliphatic carbocycles. The van der Waals surface area contributed by atoms with Crippen LogP contribution in [-0.2, 0) is 0 Å². The average molecular weight is 295 g/mol. The molecule has 3 nitrogen and oxygen atoms in total. The van der Waals surface area contributed by atoms with Crippen LogP contribution in [0.25, 0.3) is 10.9 Å². The summed E-state index contributed by atoms with van der Waals surface area (Å²) in [6.45, 7) is 0.860. The summed E-state index contributed by atoms with van der Waals surface area (Å²) in [6, 6.07) is 9.48. The van der Waals surface area contributed by atoms with Gasteiger partial charge in [0.05, 0.1) is 17.3 Å². The van der Waals surface area contributed by atoms with E-state index in [-0.39, 0.29) is 0 Å². The van der Waals surface area contributed by atoms with Gasteiger partial charge < -0.3 is 5.73 Å². The summed E-state index contributed by atoms with van der Waals surface area (Å²) >= 11 is 0. The highest BCUT2D eigenvalue weighted by Crippen LogP contribution is 2.63. The standard InChI is InChI=1S/C19H25N3/c20-8-7-13-9-19(10-13)11-15(12-19)22-17-4-2-1-3-16(17)18(21-22)14-5-6-14/h1-4,13-15H,5-12,20H2. The molecule has 5 rings (SSSR count). The number of aromatic nitrogens is 2. The average Bonchev–Trinajstić information content (AvgIpc) is 3.22. The summed E-state index contributed by atoms with van der Waals surface area (Å²) in [7, 11) is 0. The van der Waals surface area contributed by atoms with Crippen molar-refractivity contribution in [1.29, 1.82) is 0 Å². The van der Waals surface area contributed by atoms with Crippen LogP contribution in [0.3, 0.4) is 0 Å². The predicted octanol–water partition coefficient (Wildman–Crippen LogP) is 3.99. The Kier molecular flexibility index (Phi) is 2.73. The topological polar surface area (TPSA) is 43.8 Å². The van der Waals surface area contributed by atoms with E-state index in [1.165, 1.54) is 61.5 Å². The zero-order valence-corrected chi connectivity index (χ0v) is 13.2. The summed E-state index contributed by atoms with van der Waals surface area (Å²) in [5.41, 5.74) is 9.07. The largest absolute Gasteiger partial charge is 0.330 e. The van der Waals surface area contributed by atoms with Crippen molar-refractivity contribution in [2.24, 2.45) is 17.1 Å². The molecule has 0 aliphatic heterocycles. The highest BCUT2D eigenvalue weighted by Gasteiger charge is 2.53. The van der Waals surface area contributed by atoms with Gasteiger partial charge in [0.25, 0.3) is 0 Å². The van der Waals surface area contributed by atoms with Crippen molar-refractivity contribution in [3.63, 3.8) is 0 Å². The summed E-state index contributed by atoms with van der Waals surface area (Å²) < 4.78 is 2.37. The lowest BCUT2D eigenvalue weighted by atomic mass is 9.49. The number of nitrogens with zero attached hydrogens (tertiary/aromatic N) is 2. The second kappa shape index (κ2) is 4.58. The first-order valence-electron chi connectivity index (χ1n) is 8.95. The van der Waals surface area contributed by atoms with Crippen LogP contribution in [-0.4, -0.2) is 16.3 Å². The molecule has 3 saturated carbocycles. The first-order chi connectivity index (χ1) is 10.8. The normalized spacial score (nSPS) is 33.9. The molecule has 1 spiro atoms. The molecule has 0 bridgehead atoms. The number of fused-ring (bicyclic) bond motifs is 1. The van der Waals surface area contributed by atoms with Gasteiger partial charge in [-0.25, -0.2) is 0 Å². The molecule has 0 unspecified atom stereocenters. The van der Waals surface area contributed by atoms with E-state index in [1.54, 1.807) is 0 Å². The Morgan fingerprint density at radius 3 is 2.64 bits per heavy atom. The minimum atomic E-state index is 0.635. The molecule has 2 N–H and O–H groups in total. The third-order valence-electron chi connectivity index (χ3n) is 6.31. The third kappa shape index (κ3) is 1.88. The third-order valence-corrected chi connectivity index (χ3v) is 6.31. The minimum Gasteiger partial charge on any atom is -0.330 e. The van der Waals surface area contributed by atoms with Gasteiger partial charge in [-0.15, -0.1) is 0 Å². The Hall–Kier alpha value is -1.35. The number of para-hydroxylation sites is 1. The van der Waals surface area contributed by atoms with E-state index in [0.717, 1.165) is 18.4 Å². The fraction of sp³-hybridized carbons (Fsp3) is 0.632. The summed E-state index contributed by atoms with van der Waals surface area (Å²) in [5, 5.41) is 6.45. The Morgan fingerprint density at radius 2 is 1.91 bits per heavy atom. The molecule has 1 heterocycles. The predicted molar refractivity (Wildman–Crippen MR) is 88.8 cm³/mol. The van der Waals surface area contributed by atoms with Gasteiger partial charge in [-0.2, -0.15) is 5.10 Å². The quantitative estimate of drug-likeness (QED) is 0.926. The Labute approximate surface area is 131 Å². The molecule has 3 heteroatoms. The lowest BCUT2D eigenvalue weighted by Gasteiger charge is -2.58. The number of hydrogen-bond donors (Lipinski definition) is 1. The fourth-order valence-corrected chi connectivity index (χ4v) is 5.10. The monoisotopic (exact) mass is 295 g/mol. The maximum absolute atomic E-state index is 5.69. The summed E-state index contributed by atoms with van der Waals surface area (Å²) in [4.78, 5) is 0. The molecule has 0 atom stereocenters. The van der Waals surface area contributed by atoms with Gasteiger partial charge in [0.1, 0.15) is 0 Å². The SMILES string of the molecule is NCCC1CC2(C1)CC(n1nc(C3CC3)c3ccccc31)C2. The van der Waals surface area contributed by atoms with Gasteiger partial charge in [-0.3, -0.25) is 4.68 Å². The van der Waals surface area contributed by atoms with E-state index in [2.05, 4.69) is 28.9 Å². The van der Waals surface area contributed by atoms with E-state index in [4.69, 9.17) is 10.8 Å². The van der Waals surface area contributed by atoms with Gasteiger partial charge in [0.2, 0.25) is 0 Å². The van der Waals surface area contributed by atoms with Crippen LogP contribution in [0, 0.1) is 11.3 Å². The van der Waals surface area contributed by atoms with Crippen molar-refractivity contribution >= 4 is 10.9 Å². The molecule has 0 saturated heterocycles. The van der Waals surface area contributed by atoms with Gasteiger partial charge in [-0.1, -0.05) is 18.2 Å². The van der Waals surface area contributed by atoms with E-state index in [9.17, 15) is 0 Å². The lowest BCUT2D eigenvalue weighted by Crippen LogP contribution is -2.48. The van der Waals surface area contributed by atoms with Crippen molar-refractivity contribution in [1.82, 2.24) is 9.78 Å². The molecular formula is C19H25N3. The zero-order valence-electron chi connectivity index (χ0n) is 13.2. The molecule has 0 amide bonds.